The summed E-state index contributed by atoms with van der Waals surface area (Å²) >= 11 is 6.00. The largest absolute Gasteiger partial charge is 0.350 e. The van der Waals surface area contributed by atoms with Crippen LogP contribution in [0, 0.1) is 13.8 Å². The third-order valence-electron chi connectivity index (χ3n) is 6.07. The van der Waals surface area contributed by atoms with Gasteiger partial charge in [-0.3, -0.25) is 13.9 Å². The Kier molecular flexibility index (Phi) is 9.46. The van der Waals surface area contributed by atoms with Crippen LogP contribution >= 0.6 is 11.6 Å². The molecule has 0 saturated heterocycles. The monoisotopic (exact) mass is 569 g/mol. The van der Waals surface area contributed by atoms with Gasteiger partial charge in [0.2, 0.25) is 11.8 Å². The summed E-state index contributed by atoms with van der Waals surface area (Å²) in [6.07, 6.45) is 0. The van der Waals surface area contributed by atoms with Crippen LogP contribution in [0.1, 0.15) is 44.4 Å². The van der Waals surface area contributed by atoms with E-state index in [9.17, 15) is 18.0 Å². The number of nitrogens with one attached hydrogen (secondary N) is 1. The lowest BCUT2D eigenvalue weighted by molar-refractivity contribution is -0.140. The fourth-order valence-electron chi connectivity index (χ4n) is 4.11. The smallest absolute Gasteiger partial charge is 0.264 e. The van der Waals surface area contributed by atoms with Crippen LogP contribution in [-0.2, 0) is 26.2 Å². The average Bonchev–Trinajstić information content (AvgIpc) is 2.84. The summed E-state index contributed by atoms with van der Waals surface area (Å²) in [6.45, 7) is 10.7. The summed E-state index contributed by atoms with van der Waals surface area (Å²) < 4.78 is 28.8. The van der Waals surface area contributed by atoms with Gasteiger partial charge < -0.3 is 10.2 Å². The van der Waals surface area contributed by atoms with Crippen molar-refractivity contribution in [2.75, 3.05) is 10.8 Å². The number of hydrogen-bond acceptors (Lipinski definition) is 4. The maximum Gasteiger partial charge on any atom is 0.264 e. The molecule has 3 aromatic rings. The third kappa shape index (κ3) is 8.07. The fourth-order valence-corrected chi connectivity index (χ4v) is 5.64. The van der Waals surface area contributed by atoms with Crippen molar-refractivity contribution in [2.45, 2.75) is 64.6 Å². The van der Waals surface area contributed by atoms with Gasteiger partial charge in [0.1, 0.15) is 12.6 Å². The first-order chi connectivity index (χ1) is 18.2. The van der Waals surface area contributed by atoms with Crippen LogP contribution in [0.25, 0.3) is 0 Å². The van der Waals surface area contributed by atoms with Crippen molar-refractivity contribution in [3.63, 3.8) is 0 Å². The molecular formula is C30H36ClN3O4S. The Morgan fingerprint density at radius 1 is 0.923 bits per heavy atom. The van der Waals surface area contributed by atoms with E-state index >= 15 is 0 Å². The maximum absolute atomic E-state index is 14.0. The highest BCUT2D eigenvalue weighted by molar-refractivity contribution is 7.92. The molecule has 0 radical (unpaired) electrons. The van der Waals surface area contributed by atoms with Crippen molar-refractivity contribution >= 4 is 39.1 Å². The van der Waals surface area contributed by atoms with Crippen LogP contribution in [0.5, 0.6) is 0 Å². The second kappa shape index (κ2) is 12.2. The average molecular weight is 570 g/mol. The van der Waals surface area contributed by atoms with Crippen molar-refractivity contribution in [3.05, 3.63) is 94.5 Å². The minimum Gasteiger partial charge on any atom is -0.350 e. The molecule has 0 fully saturated rings. The van der Waals surface area contributed by atoms with Gasteiger partial charge in [-0.05, 0) is 89.1 Å². The van der Waals surface area contributed by atoms with Crippen molar-refractivity contribution < 1.29 is 18.0 Å². The Bertz CT molecular complexity index is 1430. The summed E-state index contributed by atoms with van der Waals surface area (Å²) in [5.41, 5.74) is 2.53. The molecule has 1 atom stereocenters. The van der Waals surface area contributed by atoms with Gasteiger partial charge in [-0.1, -0.05) is 53.6 Å². The first kappa shape index (κ1) is 30.2. The lowest BCUT2D eigenvalue weighted by Gasteiger charge is -2.33. The van der Waals surface area contributed by atoms with Gasteiger partial charge in [0.25, 0.3) is 10.0 Å². The number of anilines is 1. The van der Waals surface area contributed by atoms with Crippen molar-refractivity contribution in [1.29, 1.82) is 0 Å². The topological polar surface area (TPSA) is 86.8 Å². The SMILES string of the molecule is Cc1cccc(CN(C(=O)CN(c2cccc(C)c2)S(=O)(=O)c2ccc(Cl)cc2)[C@H](C)C(=O)NC(C)(C)C)c1. The fraction of sp³-hybridized carbons (Fsp3) is 0.333. The molecule has 0 heterocycles. The van der Waals surface area contributed by atoms with Crippen LogP contribution in [0.2, 0.25) is 5.02 Å². The first-order valence-electron chi connectivity index (χ1n) is 12.7. The molecule has 0 bridgehead atoms. The molecule has 1 N–H and O–H groups in total. The zero-order valence-electron chi connectivity index (χ0n) is 23.2. The van der Waals surface area contributed by atoms with Crippen LogP contribution in [-0.4, -0.2) is 43.3 Å². The number of rotatable bonds is 9. The Hall–Kier alpha value is -3.36. The number of halogens is 1. The predicted molar refractivity (Wildman–Crippen MR) is 156 cm³/mol. The Morgan fingerprint density at radius 3 is 2.08 bits per heavy atom. The van der Waals surface area contributed by atoms with E-state index in [-0.39, 0.29) is 17.3 Å². The zero-order valence-corrected chi connectivity index (χ0v) is 24.8. The molecule has 0 aliphatic carbocycles. The van der Waals surface area contributed by atoms with Gasteiger partial charge in [-0.15, -0.1) is 0 Å². The van der Waals surface area contributed by atoms with Crippen LogP contribution < -0.4 is 9.62 Å². The molecule has 0 aromatic heterocycles. The lowest BCUT2D eigenvalue weighted by Crippen LogP contribution is -2.54. The molecule has 3 aromatic carbocycles. The Morgan fingerprint density at radius 2 is 1.51 bits per heavy atom. The van der Waals surface area contributed by atoms with E-state index in [0.29, 0.717) is 10.7 Å². The van der Waals surface area contributed by atoms with E-state index in [1.165, 1.54) is 29.2 Å². The second-order valence-electron chi connectivity index (χ2n) is 10.7. The number of aryl methyl sites for hydroxylation is 2. The minimum atomic E-state index is -4.14. The molecule has 0 spiro atoms. The highest BCUT2D eigenvalue weighted by atomic mass is 35.5. The Labute approximate surface area is 236 Å². The van der Waals surface area contributed by atoms with Crippen molar-refractivity contribution in [2.24, 2.45) is 0 Å². The molecule has 7 nitrogen and oxygen atoms in total. The predicted octanol–water partition coefficient (Wildman–Crippen LogP) is 5.48. The molecule has 9 heteroatoms. The maximum atomic E-state index is 14.0. The molecule has 208 valence electrons. The van der Waals surface area contributed by atoms with E-state index in [4.69, 9.17) is 11.6 Å². The molecular weight excluding hydrogens is 534 g/mol. The van der Waals surface area contributed by atoms with Gasteiger partial charge in [0, 0.05) is 17.1 Å². The Balaban J connectivity index is 2.04. The van der Waals surface area contributed by atoms with E-state index < -0.39 is 34.1 Å². The molecule has 3 rings (SSSR count). The lowest BCUT2D eigenvalue weighted by atomic mass is 10.1. The zero-order chi connectivity index (χ0) is 29.0. The van der Waals surface area contributed by atoms with Gasteiger partial charge in [-0.2, -0.15) is 0 Å². The second-order valence-corrected chi connectivity index (χ2v) is 13.0. The van der Waals surface area contributed by atoms with Crippen LogP contribution in [0.15, 0.2) is 77.7 Å². The number of benzene rings is 3. The molecule has 39 heavy (non-hydrogen) atoms. The van der Waals surface area contributed by atoms with Crippen molar-refractivity contribution in [1.82, 2.24) is 10.2 Å². The van der Waals surface area contributed by atoms with E-state index in [0.717, 1.165) is 21.0 Å². The molecule has 0 aliphatic rings. The number of sulfonamides is 1. The molecule has 0 saturated carbocycles. The number of nitrogens with zero attached hydrogens (tertiary/aromatic N) is 2. The van der Waals surface area contributed by atoms with Crippen molar-refractivity contribution in [3.8, 4) is 0 Å². The quantitative estimate of drug-likeness (QED) is 0.369. The molecule has 2 amide bonds. The first-order valence-corrected chi connectivity index (χ1v) is 14.5. The summed E-state index contributed by atoms with van der Waals surface area (Å²) in [5.74, 6) is -0.835. The summed E-state index contributed by atoms with van der Waals surface area (Å²) in [7, 11) is -4.14. The van der Waals surface area contributed by atoms with Crippen LogP contribution in [0.3, 0.4) is 0 Å². The summed E-state index contributed by atoms with van der Waals surface area (Å²) in [5, 5.41) is 3.33. The van der Waals surface area contributed by atoms with Gasteiger partial charge >= 0.3 is 0 Å². The van der Waals surface area contributed by atoms with E-state index in [1.807, 2.05) is 65.0 Å². The van der Waals surface area contributed by atoms with Gasteiger partial charge in [-0.25, -0.2) is 8.42 Å². The summed E-state index contributed by atoms with van der Waals surface area (Å²) in [4.78, 5) is 28.6. The number of amides is 2. The number of carbonyl (C=O) groups excluding carboxylic acids is 2. The standard InChI is InChI=1S/C30H36ClN3O4S/c1-21-9-7-11-24(17-21)19-33(23(3)29(36)32-30(4,5)6)28(35)20-34(26-12-8-10-22(2)18-26)39(37,38)27-15-13-25(31)14-16-27/h7-18,23H,19-20H2,1-6H3,(H,32,36)/t23-/m1/s1. The van der Waals surface area contributed by atoms with E-state index in [1.54, 1.807) is 25.1 Å². The number of carbonyl (C=O) groups is 2. The number of hydrogen-bond donors (Lipinski definition) is 1. The van der Waals surface area contributed by atoms with Crippen LogP contribution in [0.4, 0.5) is 5.69 Å². The highest BCUT2D eigenvalue weighted by Gasteiger charge is 2.33. The minimum absolute atomic E-state index is 0.00460. The van der Waals surface area contributed by atoms with Gasteiger partial charge in [0.05, 0.1) is 10.6 Å². The highest BCUT2D eigenvalue weighted by Crippen LogP contribution is 2.26. The van der Waals surface area contributed by atoms with Gasteiger partial charge in [0.15, 0.2) is 0 Å². The molecule has 0 unspecified atom stereocenters. The van der Waals surface area contributed by atoms with E-state index in [2.05, 4.69) is 5.32 Å². The normalized spacial score (nSPS) is 12.5. The third-order valence-corrected chi connectivity index (χ3v) is 8.11. The molecule has 0 aliphatic heterocycles. The summed E-state index contributed by atoms with van der Waals surface area (Å²) in [6, 6.07) is 19.6.